The second-order valence-electron chi connectivity index (χ2n) is 4.41. The third-order valence-corrected chi connectivity index (χ3v) is 4.06. The lowest BCUT2D eigenvalue weighted by Gasteiger charge is -2.18. The zero-order chi connectivity index (χ0) is 13.4. The molecular formula is C12H14N6S. The van der Waals surface area contributed by atoms with E-state index in [-0.39, 0.29) is 0 Å². The van der Waals surface area contributed by atoms with Crippen molar-refractivity contribution in [1.82, 2.24) is 19.6 Å². The fraction of sp³-hybridized carbons (Fsp3) is 0.250. The highest BCUT2D eigenvalue weighted by molar-refractivity contribution is 7.10. The maximum absolute atomic E-state index is 5.89. The molecule has 0 fully saturated rings. The van der Waals surface area contributed by atoms with Crippen molar-refractivity contribution in [3.8, 4) is 0 Å². The Morgan fingerprint density at radius 1 is 1.47 bits per heavy atom. The van der Waals surface area contributed by atoms with Gasteiger partial charge in [-0.1, -0.05) is 0 Å². The zero-order valence-corrected chi connectivity index (χ0v) is 11.6. The van der Waals surface area contributed by atoms with Gasteiger partial charge in [-0.15, -0.1) is 21.5 Å². The molecule has 3 rings (SSSR count). The summed E-state index contributed by atoms with van der Waals surface area (Å²) in [6, 6.07) is 4.00. The molecule has 0 spiro atoms. The molecule has 2 N–H and O–H groups in total. The summed E-state index contributed by atoms with van der Waals surface area (Å²) in [5, 5.41) is 9.93. The number of nitrogens with zero attached hydrogens (tertiary/aromatic N) is 5. The predicted molar refractivity (Wildman–Crippen MR) is 76.4 cm³/mol. The van der Waals surface area contributed by atoms with E-state index >= 15 is 0 Å². The fourth-order valence-corrected chi connectivity index (χ4v) is 2.85. The van der Waals surface area contributed by atoms with Gasteiger partial charge < -0.3 is 10.6 Å². The van der Waals surface area contributed by atoms with Crippen LogP contribution in [0.15, 0.2) is 23.8 Å². The highest BCUT2D eigenvalue weighted by Gasteiger charge is 2.10. The molecule has 0 aliphatic carbocycles. The standard InChI is InChI=1S/C12H14N6S/c1-8-3-4-19-9(8)6-17(2)10-5-11-16-14-7-18(11)12(13)15-10/h3-5,7H,6H2,1-2H3,(H2,13,15). The highest BCUT2D eigenvalue weighted by Crippen LogP contribution is 2.21. The Hall–Kier alpha value is -2.15. The number of rotatable bonds is 3. The molecule has 0 unspecified atom stereocenters. The van der Waals surface area contributed by atoms with Crippen LogP contribution in [-0.2, 0) is 6.54 Å². The SMILES string of the molecule is Cc1ccsc1CN(C)c1cc2nncn2c(N)n1. The Balaban J connectivity index is 1.93. The van der Waals surface area contributed by atoms with Gasteiger partial charge in [0.1, 0.15) is 12.1 Å². The highest BCUT2D eigenvalue weighted by atomic mass is 32.1. The Morgan fingerprint density at radius 2 is 2.32 bits per heavy atom. The smallest absolute Gasteiger partial charge is 0.209 e. The van der Waals surface area contributed by atoms with Crippen molar-refractivity contribution in [2.75, 3.05) is 17.7 Å². The van der Waals surface area contributed by atoms with E-state index < -0.39 is 0 Å². The Bertz CT molecular complexity index is 716. The molecule has 0 aromatic carbocycles. The quantitative estimate of drug-likeness (QED) is 0.787. The first-order valence-electron chi connectivity index (χ1n) is 5.85. The lowest BCUT2D eigenvalue weighted by Crippen LogP contribution is -2.18. The first-order valence-corrected chi connectivity index (χ1v) is 6.73. The van der Waals surface area contributed by atoms with Crippen LogP contribution in [0.2, 0.25) is 0 Å². The average Bonchev–Trinajstić information content (AvgIpc) is 2.99. The van der Waals surface area contributed by atoms with Gasteiger partial charge in [0, 0.05) is 18.0 Å². The van der Waals surface area contributed by atoms with Gasteiger partial charge in [0.25, 0.3) is 0 Å². The van der Waals surface area contributed by atoms with Gasteiger partial charge in [-0.3, -0.25) is 4.40 Å². The molecule has 0 aliphatic rings. The minimum Gasteiger partial charge on any atom is -0.369 e. The average molecular weight is 274 g/mol. The maximum Gasteiger partial charge on any atom is 0.209 e. The van der Waals surface area contributed by atoms with Crippen molar-refractivity contribution in [3.63, 3.8) is 0 Å². The molecule has 98 valence electrons. The van der Waals surface area contributed by atoms with Crippen LogP contribution in [-0.4, -0.2) is 26.6 Å². The van der Waals surface area contributed by atoms with Gasteiger partial charge in [-0.2, -0.15) is 4.98 Å². The molecule has 3 aromatic rings. The molecule has 0 saturated heterocycles. The summed E-state index contributed by atoms with van der Waals surface area (Å²) in [5.41, 5.74) is 7.90. The van der Waals surface area contributed by atoms with Gasteiger partial charge in [-0.25, -0.2) is 0 Å². The molecule has 6 nitrogen and oxygen atoms in total. The molecule has 0 bridgehead atoms. The summed E-state index contributed by atoms with van der Waals surface area (Å²) in [5.74, 6) is 1.19. The van der Waals surface area contributed by atoms with E-state index in [4.69, 9.17) is 5.73 Å². The Labute approximate surface area is 114 Å². The van der Waals surface area contributed by atoms with Crippen LogP contribution in [0.1, 0.15) is 10.4 Å². The van der Waals surface area contributed by atoms with Crippen LogP contribution in [0, 0.1) is 6.92 Å². The van der Waals surface area contributed by atoms with Crippen LogP contribution in [0.25, 0.3) is 5.65 Å². The molecule has 0 aliphatic heterocycles. The summed E-state index contributed by atoms with van der Waals surface area (Å²) < 4.78 is 1.66. The molecule has 0 atom stereocenters. The fourth-order valence-electron chi connectivity index (χ4n) is 1.90. The van der Waals surface area contributed by atoms with Crippen LogP contribution >= 0.6 is 11.3 Å². The predicted octanol–water partition coefficient (Wildman–Crippen LogP) is 1.71. The van der Waals surface area contributed by atoms with E-state index in [9.17, 15) is 0 Å². The largest absolute Gasteiger partial charge is 0.369 e. The van der Waals surface area contributed by atoms with Crippen LogP contribution < -0.4 is 10.6 Å². The summed E-state index contributed by atoms with van der Waals surface area (Å²) in [6.07, 6.45) is 1.56. The number of nitrogens with two attached hydrogens (primary N) is 1. The summed E-state index contributed by atoms with van der Waals surface area (Å²) >= 11 is 1.75. The first kappa shape index (κ1) is 11.9. The first-order chi connectivity index (χ1) is 9.15. The van der Waals surface area contributed by atoms with Crippen molar-refractivity contribution < 1.29 is 0 Å². The summed E-state index contributed by atoms with van der Waals surface area (Å²) in [6.45, 7) is 2.92. The summed E-state index contributed by atoms with van der Waals surface area (Å²) in [7, 11) is 1.99. The van der Waals surface area contributed by atoms with Crippen molar-refractivity contribution >= 4 is 28.8 Å². The zero-order valence-electron chi connectivity index (χ0n) is 10.7. The third kappa shape index (κ3) is 2.12. The third-order valence-electron chi connectivity index (χ3n) is 3.05. The molecule has 0 saturated carbocycles. The monoisotopic (exact) mass is 274 g/mol. The van der Waals surface area contributed by atoms with E-state index in [1.807, 2.05) is 13.1 Å². The number of hydrogen-bond acceptors (Lipinski definition) is 6. The topological polar surface area (TPSA) is 72.3 Å². The van der Waals surface area contributed by atoms with E-state index in [0.29, 0.717) is 11.6 Å². The normalized spacial score (nSPS) is 11.1. The van der Waals surface area contributed by atoms with Gasteiger partial charge in [-0.05, 0) is 23.9 Å². The number of hydrogen-bond donors (Lipinski definition) is 1. The second kappa shape index (κ2) is 4.51. The van der Waals surface area contributed by atoms with Crippen molar-refractivity contribution in [1.29, 1.82) is 0 Å². The maximum atomic E-state index is 5.89. The van der Waals surface area contributed by atoms with Gasteiger partial charge >= 0.3 is 0 Å². The lowest BCUT2D eigenvalue weighted by molar-refractivity contribution is 0.900. The number of nitrogen functional groups attached to an aromatic ring is 1. The summed E-state index contributed by atoms with van der Waals surface area (Å²) in [4.78, 5) is 7.76. The van der Waals surface area contributed by atoms with Gasteiger partial charge in [0.2, 0.25) is 5.95 Å². The number of aromatic nitrogens is 4. The van der Waals surface area contributed by atoms with Crippen molar-refractivity contribution in [2.24, 2.45) is 0 Å². The van der Waals surface area contributed by atoms with Crippen molar-refractivity contribution in [3.05, 3.63) is 34.3 Å². The van der Waals surface area contributed by atoms with Crippen LogP contribution in [0.5, 0.6) is 0 Å². The number of anilines is 2. The molecule has 0 radical (unpaired) electrons. The van der Waals surface area contributed by atoms with Gasteiger partial charge in [0.15, 0.2) is 5.65 Å². The molecule has 19 heavy (non-hydrogen) atoms. The minimum atomic E-state index is 0.396. The molecule has 3 aromatic heterocycles. The van der Waals surface area contributed by atoms with E-state index in [2.05, 4.69) is 38.5 Å². The van der Waals surface area contributed by atoms with E-state index in [1.165, 1.54) is 10.4 Å². The minimum absolute atomic E-state index is 0.396. The molecule has 7 heteroatoms. The Morgan fingerprint density at radius 3 is 3.05 bits per heavy atom. The molecule has 3 heterocycles. The lowest BCUT2D eigenvalue weighted by atomic mass is 10.3. The van der Waals surface area contributed by atoms with Crippen molar-refractivity contribution in [2.45, 2.75) is 13.5 Å². The molecular weight excluding hydrogens is 260 g/mol. The number of thiophene rings is 1. The Kier molecular flexibility index (Phi) is 2.83. The number of aryl methyl sites for hydroxylation is 1. The van der Waals surface area contributed by atoms with E-state index in [1.54, 1.807) is 22.1 Å². The second-order valence-corrected chi connectivity index (χ2v) is 5.42. The number of fused-ring (bicyclic) bond motifs is 1. The van der Waals surface area contributed by atoms with Crippen LogP contribution in [0.4, 0.5) is 11.8 Å². The van der Waals surface area contributed by atoms with Gasteiger partial charge in [0.05, 0.1) is 6.54 Å². The van der Waals surface area contributed by atoms with Crippen LogP contribution in [0.3, 0.4) is 0 Å². The van der Waals surface area contributed by atoms with E-state index in [0.717, 1.165) is 12.4 Å². The molecule has 0 amide bonds.